The number of benzene rings is 2. The lowest BCUT2D eigenvalue weighted by Crippen LogP contribution is -2.23. The van der Waals surface area contributed by atoms with Gasteiger partial charge in [0.1, 0.15) is 0 Å². The lowest BCUT2D eigenvalue weighted by molar-refractivity contribution is 0.480. The molecule has 0 aliphatic rings. The molecule has 108 valence electrons. The van der Waals surface area contributed by atoms with Gasteiger partial charge in [0, 0.05) is 12.6 Å². The summed E-state index contributed by atoms with van der Waals surface area (Å²) in [6.07, 6.45) is 0. The van der Waals surface area contributed by atoms with Crippen molar-refractivity contribution in [2.45, 2.75) is 26.4 Å². The van der Waals surface area contributed by atoms with Crippen molar-refractivity contribution < 1.29 is 4.42 Å². The number of oxazole rings is 1. The Balaban J connectivity index is 1.96. The fourth-order valence-corrected chi connectivity index (χ4v) is 2.48. The normalized spacial score (nSPS) is 12.7. The summed E-state index contributed by atoms with van der Waals surface area (Å²) < 4.78 is 6.82. The molecule has 1 atom stereocenters. The first-order valence-corrected chi connectivity index (χ1v) is 6.97. The second-order valence-corrected chi connectivity index (χ2v) is 5.40. The Morgan fingerprint density at radius 3 is 2.67 bits per heavy atom. The lowest BCUT2D eigenvalue weighted by Gasteiger charge is -2.14. The molecule has 3 rings (SSSR count). The van der Waals surface area contributed by atoms with Gasteiger partial charge in [0.25, 0.3) is 0 Å². The van der Waals surface area contributed by atoms with E-state index < -0.39 is 0 Å². The van der Waals surface area contributed by atoms with Crippen molar-refractivity contribution in [3.8, 4) is 0 Å². The van der Waals surface area contributed by atoms with E-state index in [-0.39, 0.29) is 11.8 Å². The van der Waals surface area contributed by atoms with Gasteiger partial charge in [0.2, 0.25) is 0 Å². The van der Waals surface area contributed by atoms with Crippen LogP contribution in [0.3, 0.4) is 0 Å². The topological polar surface area (TPSA) is 61.2 Å². The Morgan fingerprint density at radius 2 is 1.90 bits per heavy atom. The van der Waals surface area contributed by atoms with Gasteiger partial charge in [-0.1, -0.05) is 30.3 Å². The second kappa shape index (κ2) is 5.22. The van der Waals surface area contributed by atoms with E-state index in [0.717, 1.165) is 11.1 Å². The van der Waals surface area contributed by atoms with Crippen LogP contribution in [0.2, 0.25) is 0 Å². The zero-order valence-electron chi connectivity index (χ0n) is 12.2. The predicted octanol–water partition coefficient (Wildman–Crippen LogP) is 2.91. The Labute approximate surface area is 122 Å². The number of fused-ring (bicyclic) bond motifs is 1. The van der Waals surface area contributed by atoms with Gasteiger partial charge in [-0.2, -0.15) is 0 Å². The highest BCUT2D eigenvalue weighted by atomic mass is 16.4. The van der Waals surface area contributed by atoms with E-state index >= 15 is 0 Å². The predicted molar refractivity (Wildman–Crippen MR) is 83.3 cm³/mol. The summed E-state index contributed by atoms with van der Waals surface area (Å²) in [6.45, 7) is 4.53. The molecular formula is C17H18N2O2. The molecule has 1 unspecified atom stereocenters. The van der Waals surface area contributed by atoms with Crippen LogP contribution in [-0.2, 0) is 6.54 Å². The van der Waals surface area contributed by atoms with Gasteiger partial charge in [0.05, 0.1) is 5.52 Å². The van der Waals surface area contributed by atoms with Crippen LogP contribution in [0.5, 0.6) is 0 Å². The maximum absolute atomic E-state index is 12.0. The fourth-order valence-electron chi connectivity index (χ4n) is 2.48. The number of aromatic nitrogens is 1. The van der Waals surface area contributed by atoms with Crippen LogP contribution < -0.4 is 11.5 Å². The molecule has 4 heteroatoms. The van der Waals surface area contributed by atoms with E-state index in [1.165, 1.54) is 11.1 Å². The number of hydrogen-bond acceptors (Lipinski definition) is 3. The van der Waals surface area contributed by atoms with Gasteiger partial charge < -0.3 is 10.2 Å². The molecule has 0 saturated carbocycles. The second-order valence-electron chi connectivity index (χ2n) is 5.40. The van der Waals surface area contributed by atoms with Crippen LogP contribution in [0.4, 0.5) is 0 Å². The number of para-hydroxylation sites is 2. The molecular weight excluding hydrogens is 264 g/mol. The quantitative estimate of drug-likeness (QED) is 0.803. The molecule has 4 nitrogen and oxygen atoms in total. The van der Waals surface area contributed by atoms with Crippen molar-refractivity contribution in [3.63, 3.8) is 0 Å². The van der Waals surface area contributed by atoms with Gasteiger partial charge in [-0.3, -0.25) is 4.57 Å². The molecule has 0 bridgehead atoms. The van der Waals surface area contributed by atoms with E-state index in [1.807, 2.05) is 24.3 Å². The molecule has 0 fully saturated rings. The van der Waals surface area contributed by atoms with Crippen LogP contribution in [0.1, 0.15) is 22.7 Å². The van der Waals surface area contributed by atoms with Crippen LogP contribution >= 0.6 is 0 Å². The Bertz CT molecular complexity index is 845. The third-order valence-corrected chi connectivity index (χ3v) is 3.91. The average Bonchev–Trinajstić information content (AvgIpc) is 2.78. The summed E-state index contributed by atoms with van der Waals surface area (Å²) >= 11 is 0. The smallest absolute Gasteiger partial charge is 0.408 e. The van der Waals surface area contributed by atoms with Gasteiger partial charge >= 0.3 is 5.76 Å². The molecule has 2 N–H and O–H groups in total. The highest BCUT2D eigenvalue weighted by Crippen LogP contribution is 2.19. The summed E-state index contributed by atoms with van der Waals surface area (Å²) in [5.41, 5.74) is 11.1. The zero-order valence-corrected chi connectivity index (χ0v) is 12.2. The first-order valence-electron chi connectivity index (χ1n) is 6.97. The minimum atomic E-state index is -0.365. The average molecular weight is 282 g/mol. The van der Waals surface area contributed by atoms with Crippen molar-refractivity contribution in [2.75, 3.05) is 0 Å². The zero-order chi connectivity index (χ0) is 15.0. The van der Waals surface area contributed by atoms with Gasteiger partial charge in [-0.25, -0.2) is 4.79 Å². The molecule has 1 heterocycles. The Kier molecular flexibility index (Phi) is 3.39. The SMILES string of the molecule is Cc1ccc(C(N)Cn2c(=O)oc3ccccc32)cc1C. The largest absolute Gasteiger partial charge is 0.420 e. The summed E-state index contributed by atoms with van der Waals surface area (Å²) in [5, 5.41) is 0. The van der Waals surface area contributed by atoms with Crippen molar-refractivity contribution in [1.29, 1.82) is 0 Å². The summed E-state index contributed by atoms with van der Waals surface area (Å²) in [7, 11) is 0. The van der Waals surface area contributed by atoms with E-state index in [2.05, 4.69) is 26.0 Å². The first-order chi connectivity index (χ1) is 10.1. The maximum atomic E-state index is 12.0. The van der Waals surface area contributed by atoms with Crippen molar-refractivity contribution >= 4 is 11.1 Å². The van der Waals surface area contributed by atoms with E-state index in [9.17, 15) is 4.79 Å². The Morgan fingerprint density at radius 1 is 1.14 bits per heavy atom. The van der Waals surface area contributed by atoms with E-state index in [0.29, 0.717) is 12.1 Å². The molecule has 1 aromatic heterocycles. The summed E-state index contributed by atoms with van der Waals surface area (Å²) in [5.74, 6) is -0.365. The fraction of sp³-hybridized carbons (Fsp3) is 0.235. The molecule has 0 aliphatic carbocycles. The molecule has 3 aromatic rings. The van der Waals surface area contributed by atoms with Crippen molar-refractivity contribution in [3.05, 3.63) is 69.7 Å². The van der Waals surface area contributed by atoms with Gasteiger partial charge in [-0.15, -0.1) is 0 Å². The molecule has 0 amide bonds. The maximum Gasteiger partial charge on any atom is 0.420 e. The van der Waals surface area contributed by atoms with Crippen LogP contribution in [0.15, 0.2) is 51.7 Å². The monoisotopic (exact) mass is 282 g/mol. The third-order valence-electron chi connectivity index (χ3n) is 3.91. The molecule has 0 radical (unpaired) electrons. The summed E-state index contributed by atoms with van der Waals surface area (Å²) in [6, 6.07) is 13.3. The van der Waals surface area contributed by atoms with Crippen LogP contribution in [0, 0.1) is 13.8 Å². The standard InChI is InChI=1S/C17H18N2O2/c1-11-7-8-13(9-12(11)2)14(18)10-19-15-5-3-4-6-16(15)21-17(19)20/h3-9,14H,10,18H2,1-2H3. The van der Waals surface area contributed by atoms with Crippen LogP contribution in [-0.4, -0.2) is 4.57 Å². The highest BCUT2D eigenvalue weighted by Gasteiger charge is 2.13. The van der Waals surface area contributed by atoms with Gasteiger partial charge in [-0.05, 0) is 42.7 Å². The third kappa shape index (κ3) is 2.50. The number of hydrogen-bond donors (Lipinski definition) is 1. The minimum Gasteiger partial charge on any atom is -0.408 e. The Hall–Kier alpha value is -2.33. The lowest BCUT2D eigenvalue weighted by atomic mass is 10.0. The van der Waals surface area contributed by atoms with E-state index in [4.69, 9.17) is 10.2 Å². The molecule has 2 aromatic carbocycles. The summed E-state index contributed by atoms with van der Waals surface area (Å²) in [4.78, 5) is 12.0. The number of rotatable bonds is 3. The van der Waals surface area contributed by atoms with Crippen molar-refractivity contribution in [1.82, 2.24) is 4.57 Å². The van der Waals surface area contributed by atoms with Gasteiger partial charge in [0.15, 0.2) is 5.58 Å². The first kappa shape index (κ1) is 13.6. The number of aryl methyl sites for hydroxylation is 2. The molecule has 21 heavy (non-hydrogen) atoms. The minimum absolute atomic E-state index is 0.247. The highest BCUT2D eigenvalue weighted by molar-refractivity contribution is 5.72. The molecule has 0 aliphatic heterocycles. The number of nitrogens with two attached hydrogens (primary N) is 1. The van der Waals surface area contributed by atoms with Crippen molar-refractivity contribution in [2.24, 2.45) is 5.73 Å². The molecule has 0 spiro atoms. The number of nitrogens with zero attached hydrogens (tertiary/aromatic N) is 1. The van der Waals surface area contributed by atoms with Crippen LogP contribution in [0.25, 0.3) is 11.1 Å². The van der Waals surface area contributed by atoms with E-state index in [1.54, 1.807) is 10.6 Å². The molecule has 0 saturated heterocycles.